The number of pyridine rings is 1. The van der Waals surface area contributed by atoms with Gasteiger partial charge in [-0.3, -0.25) is 19.4 Å². The van der Waals surface area contributed by atoms with Crippen molar-refractivity contribution in [2.45, 2.75) is 137 Å². The van der Waals surface area contributed by atoms with Gasteiger partial charge in [-0.25, -0.2) is 0 Å². The van der Waals surface area contributed by atoms with Crippen LogP contribution >= 0.6 is 0 Å². The molecule has 0 spiro atoms. The number of carbonyl (C=O) groups is 3. The van der Waals surface area contributed by atoms with E-state index in [1.165, 1.54) is 11.8 Å². The predicted octanol–water partition coefficient (Wildman–Crippen LogP) is 6.73. The third kappa shape index (κ3) is 14.0. The lowest BCUT2D eigenvalue weighted by atomic mass is 9.85. The van der Waals surface area contributed by atoms with Crippen LogP contribution in [0.5, 0.6) is 5.75 Å². The second-order valence-corrected chi connectivity index (χ2v) is 15.9. The average Bonchev–Trinajstić information content (AvgIpc) is 3.41. The first kappa shape index (κ1) is 44.9. The van der Waals surface area contributed by atoms with Crippen molar-refractivity contribution >= 4 is 17.9 Å². The molecule has 0 bridgehead atoms. The number of ether oxygens (including phenoxy) is 3. The average molecular weight is 758 g/mol. The number of rotatable bonds is 21. The zero-order chi connectivity index (χ0) is 40.6. The molecule has 3 rings (SSSR count). The van der Waals surface area contributed by atoms with Crippen molar-refractivity contribution in [2.24, 2.45) is 22.7 Å². The summed E-state index contributed by atoms with van der Waals surface area (Å²) < 4.78 is 17.0. The molecule has 1 fully saturated rings. The zero-order valence-electron chi connectivity index (χ0n) is 33.1. The molecule has 1 unspecified atom stereocenters. The van der Waals surface area contributed by atoms with Gasteiger partial charge in [-0.15, -0.1) is 24.7 Å². The fraction of sp³-hybridized carbons (Fsp3) is 0.556. The number of benzene rings is 1. The number of aryl methyl sites for hydroxylation is 2. The second-order valence-electron chi connectivity index (χ2n) is 15.9. The van der Waals surface area contributed by atoms with Gasteiger partial charge in [0.05, 0.1) is 34.8 Å². The highest BCUT2D eigenvalue weighted by atomic mass is 16.6. The van der Waals surface area contributed by atoms with E-state index in [-0.39, 0.29) is 50.1 Å². The number of carbonyl (C=O) groups excluding carboxylic acids is 3. The van der Waals surface area contributed by atoms with E-state index in [0.29, 0.717) is 61.8 Å². The number of aromatic nitrogens is 1. The molecule has 1 aromatic heterocycles. The predicted molar refractivity (Wildman–Crippen MR) is 210 cm³/mol. The van der Waals surface area contributed by atoms with Crippen LogP contribution in [0.3, 0.4) is 0 Å². The molecule has 10 heteroatoms. The summed E-state index contributed by atoms with van der Waals surface area (Å²) in [4.78, 5) is 43.2. The molecule has 298 valence electrons. The fourth-order valence-electron chi connectivity index (χ4n) is 6.73. The summed E-state index contributed by atoms with van der Waals surface area (Å²) in [6, 6.07) is 10.0. The van der Waals surface area contributed by atoms with E-state index >= 15 is 0 Å². The van der Waals surface area contributed by atoms with Crippen LogP contribution in [0, 0.1) is 54.3 Å². The van der Waals surface area contributed by atoms with Gasteiger partial charge in [0, 0.05) is 36.6 Å². The molecule has 0 aliphatic heterocycles. The molecule has 5 atom stereocenters. The first-order chi connectivity index (χ1) is 26.1. The minimum Gasteiger partial charge on any atom is -0.460 e. The molecule has 0 radical (unpaired) electrons. The molecule has 0 amide bonds. The molecule has 1 aromatic carbocycles. The van der Waals surface area contributed by atoms with Gasteiger partial charge in [0.15, 0.2) is 5.75 Å². The van der Waals surface area contributed by atoms with Crippen molar-refractivity contribution in [2.75, 3.05) is 0 Å². The highest BCUT2D eigenvalue weighted by Gasteiger charge is 2.40. The topological polar surface area (TPSA) is 152 Å². The Labute approximate surface area is 327 Å². The van der Waals surface area contributed by atoms with Crippen molar-refractivity contribution < 1.29 is 43.9 Å². The largest absolute Gasteiger partial charge is 0.460 e. The third-order valence-electron chi connectivity index (χ3n) is 10.3. The standard InChI is InChI=1S/C45H59NO9/c1-8-25-44(4,5)42(51)53-29-33-28-46-31(3)41(37(33)30-54-43(52)45(6,7)26-9-2)55-40(50)20-16-11-10-15-19-35-36(39(49)27-38(35)48)24-23-34(47)22-21-32-17-13-12-14-18-32/h1-2,10,12-15,17-18,28,34-36,38-39,47-49H,11,16,19-27,29-30H2,3-7H3/b15-10-/t34?,35-,36-,38+,39-/m1/s1. The van der Waals surface area contributed by atoms with E-state index in [9.17, 15) is 29.7 Å². The van der Waals surface area contributed by atoms with E-state index in [1.807, 2.05) is 42.5 Å². The summed E-state index contributed by atoms with van der Waals surface area (Å²) in [5.41, 5.74) is 0.451. The Bertz CT molecular complexity index is 1680. The monoisotopic (exact) mass is 757 g/mol. The van der Waals surface area contributed by atoms with Crippen molar-refractivity contribution in [3.05, 3.63) is 71.1 Å². The summed E-state index contributed by atoms with van der Waals surface area (Å²) in [5.74, 6) is 3.31. The van der Waals surface area contributed by atoms with Crippen LogP contribution in [-0.2, 0) is 43.5 Å². The Morgan fingerprint density at radius 1 is 0.927 bits per heavy atom. The number of hydrogen-bond acceptors (Lipinski definition) is 10. The maximum atomic E-state index is 13.1. The van der Waals surface area contributed by atoms with Crippen LogP contribution in [0.15, 0.2) is 48.7 Å². The van der Waals surface area contributed by atoms with E-state index in [1.54, 1.807) is 34.6 Å². The number of unbranched alkanes of at least 4 members (excludes halogenated alkanes) is 1. The Balaban J connectivity index is 1.58. The summed E-state index contributed by atoms with van der Waals surface area (Å²) in [5, 5.41) is 32.0. The van der Waals surface area contributed by atoms with E-state index < -0.39 is 47.0 Å². The lowest BCUT2D eigenvalue weighted by Gasteiger charge is -2.23. The first-order valence-electron chi connectivity index (χ1n) is 19.2. The molecule has 1 saturated carbocycles. The van der Waals surface area contributed by atoms with E-state index in [0.717, 1.165) is 6.42 Å². The van der Waals surface area contributed by atoms with Gasteiger partial charge in [-0.2, -0.15) is 0 Å². The van der Waals surface area contributed by atoms with Crippen molar-refractivity contribution in [1.29, 1.82) is 0 Å². The van der Waals surface area contributed by atoms with Crippen LogP contribution in [0.1, 0.15) is 114 Å². The smallest absolute Gasteiger partial charge is 0.312 e. The van der Waals surface area contributed by atoms with Crippen LogP contribution in [0.2, 0.25) is 0 Å². The Morgan fingerprint density at radius 3 is 2.18 bits per heavy atom. The summed E-state index contributed by atoms with van der Waals surface area (Å²) in [7, 11) is 0. The minimum absolute atomic E-state index is 0.0892. The van der Waals surface area contributed by atoms with Gasteiger partial charge >= 0.3 is 17.9 Å². The molecule has 0 saturated heterocycles. The number of aliphatic hydroxyl groups excluding tert-OH is 3. The van der Waals surface area contributed by atoms with Gasteiger partial charge in [-0.1, -0.05) is 42.5 Å². The lowest BCUT2D eigenvalue weighted by Crippen LogP contribution is -2.27. The van der Waals surface area contributed by atoms with Crippen molar-refractivity contribution in [3.8, 4) is 30.4 Å². The molecule has 1 aliphatic rings. The summed E-state index contributed by atoms with van der Waals surface area (Å²) in [6.07, 6.45) is 19.6. The molecular formula is C45H59NO9. The number of esters is 3. The number of terminal acetylenes is 2. The maximum absolute atomic E-state index is 13.1. The molecule has 1 heterocycles. The molecule has 55 heavy (non-hydrogen) atoms. The number of allylic oxidation sites excluding steroid dienone is 2. The van der Waals surface area contributed by atoms with Gasteiger partial charge in [0.25, 0.3) is 0 Å². The first-order valence-corrected chi connectivity index (χ1v) is 19.2. The van der Waals surface area contributed by atoms with Crippen LogP contribution in [0.25, 0.3) is 0 Å². The Hall–Kier alpha value is -4.48. The number of nitrogens with zero attached hydrogens (tertiary/aromatic N) is 1. The van der Waals surface area contributed by atoms with Crippen LogP contribution < -0.4 is 4.74 Å². The molecular weight excluding hydrogens is 698 g/mol. The van der Waals surface area contributed by atoms with Crippen molar-refractivity contribution in [3.63, 3.8) is 0 Å². The lowest BCUT2D eigenvalue weighted by molar-refractivity contribution is -0.156. The Kier molecular flexibility index (Phi) is 17.6. The molecule has 10 nitrogen and oxygen atoms in total. The molecule has 2 aromatic rings. The minimum atomic E-state index is -0.950. The maximum Gasteiger partial charge on any atom is 0.312 e. The van der Waals surface area contributed by atoms with Crippen LogP contribution in [-0.4, -0.2) is 56.5 Å². The van der Waals surface area contributed by atoms with E-state index in [2.05, 4.69) is 16.8 Å². The van der Waals surface area contributed by atoms with Crippen molar-refractivity contribution in [1.82, 2.24) is 4.98 Å². The third-order valence-corrected chi connectivity index (χ3v) is 10.3. The number of hydrogen-bond donors (Lipinski definition) is 3. The van der Waals surface area contributed by atoms with Gasteiger partial charge in [0.2, 0.25) is 0 Å². The summed E-state index contributed by atoms with van der Waals surface area (Å²) >= 11 is 0. The fourth-order valence-corrected chi connectivity index (χ4v) is 6.73. The summed E-state index contributed by atoms with van der Waals surface area (Å²) in [6.45, 7) is 7.91. The highest BCUT2D eigenvalue weighted by molar-refractivity contribution is 5.77. The van der Waals surface area contributed by atoms with E-state index in [4.69, 9.17) is 27.1 Å². The molecule has 1 aliphatic carbocycles. The van der Waals surface area contributed by atoms with Crippen LogP contribution in [0.4, 0.5) is 0 Å². The highest BCUT2D eigenvalue weighted by Crippen LogP contribution is 2.39. The normalized spacial score (nSPS) is 19.0. The molecule has 3 N–H and O–H groups in total. The SMILES string of the molecule is C#CCC(C)(C)C(=O)OCc1cnc(C)c(OC(=O)CCC/C=C\C[C@@H]2[C@@H](CCC(O)CCc3ccccc3)[C@H](O)C[C@@H]2O)c1COC(=O)C(C)(C)CC#C. The second kappa shape index (κ2) is 21.6. The van der Waals surface area contributed by atoms with Gasteiger partial charge in [0.1, 0.15) is 13.2 Å². The quantitative estimate of drug-likeness (QED) is 0.0541. The van der Waals surface area contributed by atoms with Gasteiger partial charge in [-0.05, 0) is 103 Å². The Morgan fingerprint density at radius 2 is 1.55 bits per heavy atom. The zero-order valence-corrected chi connectivity index (χ0v) is 33.1. The number of aliphatic hydroxyl groups is 3. The van der Waals surface area contributed by atoms with Gasteiger partial charge < -0.3 is 29.5 Å².